The van der Waals surface area contributed by atoms with E-state index in [1.165, 1.54) is 6.07 Å². The number of aliphatic imine (C=N–C) groups is 1. The van der Waals surface area contributed by atoms with E-state index in [1.54, 1.807) is 0 Å². The summed E-state index contributed by atoms with van der Waals surface area (Å²) in [5, 5.41) is 2.41. The summed E-state index contributed by atoms with van der Waals surface area (Å²) in [5.41, 5.74) is 4.97. The number of nitrogens with zero attached hydrogens (tertiary/aromatic N) is 2. The number of carbonyl (C=O) groups excluding carboxylic acids is 1. The van der Waals surface area contributed by atoms with Gasteiger partial charge in [0, 0.05) is 11.3 Å². The minimum absolute atomic E-state index is 0.0143. The largest absolute Gasteiger partial charge is 0.459 e. The molecule has 1 aromatic heterocycles. The molecule has 0 aliphatic carbocycles. The van der Waals surface area contributed by atoms with Crippen LogP contribution in [0.25, 0.3) is 0 Å². The van der Waals surface area contributed by atoms with Crippen molar-refractivity contribution < 1.29 is 27.1 Å². The number of amides is 1. The molecule has 0 bridgehead atoms. The molecule has 1 aliphatic rings. The number of anilines is 1. The van der Waals surface area contributed by atoms with Crippen molar-refractivity contribution in [3.63, 3.8) is 0 Å². The molecular weight excluding hydrogens is 329 g/mol. The van der Waals surface area contributed by atoms with E-state index in [0.29, 0.717) is 0 Å². The van der Waals surface area contributed by atoms with Crippen LogP contribution >= 0.6 is 0 Å². The van der Waals surface area contributed by atoms with Gasteiger partial charge in [-0.3, -0.25) is 4.79 Å². The van der Waals surface area contributed by atoms with Gasteiger partial charge in [-0.1, -0.05) is 0 Å². The van der Waals surface area contributed by atoms with E-state index in [9.17, 15) is 18.0 Å². The number of ether oxygens (including phenoxy) is 1. The summed E-state index contributed by atoms with van der Waals surface area (Å²) in [6.45, 7) is -1.01. The second-order valence-corrected chi connectivity index (χ2v) is 4.98. The summed E-state index contributed by atoms with van der Waals surface area (Å²) in [6, 6.07) is 0.929. The van der Waals surface area contributed by atoms with E-state index in [2.05, 4.69) is 24.4 Å². The van der Waals surface area contributed by atoms with Crippen LogP contribution in [0.15, 0.2) is 40.3 Å². The SMILES string of the molecule is NC1=NC(c2cc(NC(=O)c3cocn3)ccc2F)C(F)(F)CO1. The molecule has 2 heterocycles. The van der Waals surface area contributed by atoms with Gasteiger partial charge in [0.05, 0.1) is 0 Å². The zero-order chi connectivity index (χ0) is 17.3. The van der Waals surface area contributed by atoms with Crippen LogP contribution < -0.4 is 11.1 Å². The van der Waals surface area contributed by atoms with Crippen molar-refractivity contribution in [3.05, 3.63) is 47.9 Å². The highest BCUT2D eigenvalue weighted by Crippen LogP contribution is 2.39. The minimum Gasteiger partial charge on any atom is -0.459 e. The first kappa shape index (κ1) is 15.8. The highest BCUT2D eigenvalue weighted by molar-refractivity contribution is 6.02. The van der Waals surface area contributed by atoms with Gasteiger partial charge in [0.25, 0.3) is 11.9 Å². The molecule has 0 saturated carbocycles. The maximum absolute atomic E-state index is 14.0. The quantitative estimate of drug-likeness (QED) is 0.890. The van der Waals surface area contributed by atoms with Gasteiger partial charge in [-0.2, -0.15) is 0 Å². The van der Waals surface area contributed by atoms with Crippen molar-refractivity contribution in [2.45, 2.75) is 12.0 Å². The summed E-state index contributed by atoms with van der Waals surface area (Å²) in [7, 11) is 0. The maximum Gasteiger partial charge on any atom is 0.307 e. The van der Waals surface area contributed by atoms with Crippen molar-refractivity contribution in [3.8, 4) is 0 Å². The van der Waals surface area contributed by atoms with E-state index in [1.807, 2.05) is 0 Å². The van der Waals surface area contributed by atoms with Crippen molar-refractivity contribution in [1.82, 2.24) is 4.98 Å². The van der Waals surface area contributed by atoms with Crippen LogP contribution in [0.1, 0.15) is 22.1 Å². The number of nitrogens with one attached hydrogen (secondary N) is 1. The molecule has 0 spiro atoms. The smallest absolute Gasteiger partial charge is 0.307 e. The highest BCUT2D eigenvalue weighted by Gasteiger charge is 2.46. The third-order valence-corrected chi connectivity index (χ3v) is 3.28. The molecule has 0 saturated heterocycles. The molecule has 1 aromatic carbocycles. The van der Waals surface area contributed by atoms with Crippen LogP contribution in [-0.2, 0) is 4.74 Å². The van der Waals surface area contributed by atoms with Gasteiger partial charge >= 0.3 is 5.92 Å². The Kier molecular flexibility index (Phi) is 3.87. The fourth-order valence-electron chi connectivity index (χ4n) is 2.16. The molecule has 2 aromatic rings. The summed E-state index contributed by atoms with van der Waals surface area (Å²) in [4.78, 5) is 19.0. The topological polar surface area (TPSA) is 103 Å². The number of carbonyl (C=O) groups is 1. The van der Waals surface area contributed by atoms with Crippen LogP contribution in [0.2, 0.25) is 0 Å². The zero-order valence-corrected chi connectivity index (χ0v) is 12.0. The van der Waals surface area contributed by atoms with Crippen molar-refractivity contribution in [1.29, 1.82) is 0 Å². The van der Waals surface area contributed by atoms with Crippen LogP contribution in [0.5, 0.6) is 0 Å². The highest BCUT2D eigenvalue weighted by atomic mass is 19.3. The van der Waals surface area contributed by atoms with Crippen molar-refractivity contribution in [2.24, 2.45) is 10.7 Å². The van der Waals surface area contributed by atoms with Gasteiger partial charge < -0.3 is 20.2 Å². The van der Waals surface area contributed by atoms with Gasteiger partial charge in [-0.25, -0.2) is 23.1 Å². The van der Waals surface area contributed by atoms with Crippen LogP contribution in [0, 0.1) is 5.82 Å². The Morgan fingerprint density at radius 1 is 1.42 bits per heavy atom. The number of amidine groups is 1. The molecule has 3 rings (SSSR count). The number of oxazole rings is 1. The first-order chi connectivity index (χ1) is 11.4. The first-order valence-electron chi connectivity index (χ1n) is 6.70. The molecule has 0 radical (unpaired) electrons. The summed E-state index contributed by atoms with van der Waals surface area (Å²) in [6.07, 6.45) is 2.17. The van der Waals surface area contributed by atoms with Crippen LogP contribution in [0.4, 0.5) is 18.9 Å². The number of benzene rings is 1. The number of nitrogens with two attached hydrogens (primary N) is 1. The van der Waals surface area contributed by atoms with Crippen molar-refractivity contribution in [2.75, 3.05) is 11.9 Å². The molecule has 3 N–H and O–H groups in total. The number of rotatable bonds is 3. The van der Waals surface area contributed by atoms with Gasteiger partial charge in [0.2, 0.25) is 0 Å². The third-order valence-electron chi connectivity index (χ3n) is 3.28. The standard InChI is InChI=1S/C14H11F3N4O3/c15-9-2-1-7(20-12(22)10-4-23-6-19-10)3-8(9)11-14(16,17)5-24-13(18)21-11/h1-4,6,11H,5H2,(H2,18,21)(H,20,22). The Hall–Kier alpha value is -3.04. The summed E-state index contributed by atoms with van der Waals surface area (Å²) >= 11 is 0. The summed E-state index contributed by atoms with van der Waals surface area (Å²) in [5.74, 6) is -4.99. The average Bonchev–Trinajstić information content (AvgIpc) is 3.06. The van der Waals surface area contributed by atoms with E-state index in [0.717, 1.165) is 24.8 Å². The lowest BCUT2D eigenvalue weighted by Gasteiger charge is -2.28. The number of alkyl halides is 2. The van der Waals surface area contributed by atoms with Crippen LogP contribution in [0.3, 0.4) is 0 Å². The predicted octanol–water partition coefficient (Wildman–Crippen LogP) is 2.09. The fourth-order valence-corrected chi connectivity index (χ4v) is 2.16. The molecule has 24 heavy (non-hydrogen) atoms. The zero-order valence-electron chi connectivity index (χ0n) is 12.0. The van der Waals surface area contributed by atoms with Gasteiger partial charge in [0.15, 0.2) is 24.7 Å². The number of halogens is 3. The molecule has 1 amide bonds. The van der Waals surface area contributed by atoms with E-state index in [4.69, 9.17) is 5.73 Å². The van der Waals surface area contributed by atoms with Crippen molar-refractivity contribution >= 4 is 17.6 Å². The Morgan fingerprint density at radius 3 is 2.92 bits per heavy atom. The Labute approximate surface area is 133 Å². The predicted molar refractivity (Wildman–Crippen MR) is 76.1 cm³/mol. The van der Waals surface area contributed by atoms with E-state index >= 15 is 0 Å². The monoisotopic (exact) mass is 340 g/mol. The maximum atomic E-state index is 14.0. The average molecular weight is 340 g/mol. The fraction of sp³-hybridized carbons (Fsp3) is 0.214. The van der Waals surface area contributed by atoms with Crippen LogP contribution in [-0.4, -0.2) is 29.4 Å². The Balaban J connectivity index is 1.92. The normalized spacial score (nSPS) is 19.3. The molecule has 0 fully saturated rings. The number of hydrogen-bond acceptors (Lipinski definition) is 6. The second-order valence-electron chi connectivity index (χ2n) is 4.98. The minimum atomic E-state index is -3.45. The van der Waals surface area contributed by atoms with Gasteiger partial charge in [-0.05, 0) is 18.2 Å². The lowest BCUT2D eigenvalue weighted by Crippen LogP contribution is -2.40. The molecule has 1 aliphatic heterocycles. The molecule has 1 unspecified atom stereocenters. The molecular formula is C14H11F3N4O3. The number of hydrogen-bond donors (Lipinski definition) is 2. The molecule has 10 heteroatoms. The Morgan fingerprint density at radius 2 is 2.21 bits per heavy atom. The Bertz CT molecular complexity index is 793. The third kappa shape index (κ3) is 3.03. The number of aromatic nitrogens is 1. The van der Waals surface area contributed by atoms with E-state index < -0.39 is 41.9 Å². The van der Waals surface area contributed by atoms with Gasteiger partial charge in [0.1, 0.15) is 12.1 Å². The lowest BCUT2D eigenvalue weighted by molar-refractivity contribution is -0.0788. The first-order valence-corrected chi connectivity index (χ1v) is 6.70. The van der Waals surface area contributed by atoms with Gasteiger partial charge in [-0.15, -0.1) is 0 Å². The molecule has 7 nitrogen and oxygen atoms in total. The van der Waals surface area contributed by atoms with E-state index in [-0.39, 0.29) is 11.4 Å². The second kappa shape index (κ2) is 5.87. The molecule has 1 atom stereocenters. The molecule has 126 valence electrons. The summed E-state index contributed by atoms with van der Waals surface area (Å²) < 4.78 is 51.1. The lowest BCUT2D eigenvalue weighted by atomic mass is 9.99.